The van der Waals surface area contributed by atoms with Gasteiger partial charge in [0.05, 0.1) is 6.42 Å². The van der Waals surface area contributed by atoms with Gasteiger partial charge in [0.2, 0.25) is 0 Å². The monoisotopic (exact) mass is 240 g/mol. The van der Waals surface area contributed by atoms with Crippen LogP contribution >= 0.6 is 0 Å². The summed E-state index contributed by atoms with van der Waals surface area (Å²) in [5.74, 6) is 0. The van der Waals surface area contributed by atoms with Crippen LogP contribution in [0.1, 0.15) is 26.2 Å². The maximum absolute atomic E-state index is 12.1. The van der Waals surface area contributed by atoms with Gasteiger partial charge in [-0.05, 0) is 19.8 Å². The average Bonchev–Trinajstić information content (AvgIpc) is 2.14. The normalized spacial score (nSPS) is 23.1. The van der Waals surface area contributed by atoms with Gasteiger partial charge < -0.3 is 15.8 Å². The lowest BCUT2D eigenvalue weighted by Gasteiger charge is -2.34. The lowest BCUT2D eigenvalue weighted by Crippen LogP contribution is -2.54. The molecule has 6 heteroatoms. The third-order valence-corrected chi connectivity index (χ3v) is 2.83. The minimum Gasteiger partial charge on any atom is -0.381 e. The van der Waals surface area contributed by atoms with E-state index in [9.17, 15) is 13.2 Å². The molecule has 1 saturated heterocycles. The molecule has 1 heterocycles. The number of rotatable bonds is 4. The van der Waals surface area contributed by atoms with Gasteiger partial charge in [0.25, 0.3) is 0 Å². The molecular weight excluding hydrogens is 221 g/mol. The first-order valence-electron chi connectivity index (χ1n) is 5.48. The van der Waals surface area contributed by atoms with Crippen LogP contribution in [0.15, 0.2) is 0 Å². The summed E-state index contributed by atoms with van der Waals surface area (Å²) in [6, 6.07) is -0.594. The van der Waals surface area contributed by atoms with Gasteiger partial charge in [-0.2, -0.15) is 13.2 Å². The van der Waals surface area contributed by atoms with Crippen LogP contribution in [-0.2, 0) is 4.74 Å². The molecule has 1 atom stereocenters. The summed E-state index contributed by atoms with van der Waals surface area (Å²) in [6.45, 7) is 3.11. The molecule has 0 aromatic carbocycles. The Bertz CT molecular complexity index is 215. The third-order valence-electron chi connectivity index (χ3n) is 2.83. The zero-order chi connectivity index (χ0) is 12.2. The summed E-state index contributed by atoms with van der Waals surface area (Å²) in [5, 5.41) is 2.85. The van der Waals surface area contributed by atoms with Crippen molar-refractivity contribution in [1.29, 1.82) is 0 Å². The standard InChI is InChI=1S/C10H19F3N2O/c1-8(6-10(11,12)13)15-7-9(14)2-4-16-5-3-9/h8,15H,2-7,14H2,1H3. The third kappa shape index (κ3) is 5.14. The van der Waals surface area contributed by atoms with Gasteiger partial charge in [-0.15, -0.1) is 0 Å². The molecule has 1 fully saturated rings. The number of nitrogens with two attached hydrogens (primary N) is 1. The lowest BCUT2D eigenvalue weighted by molar-refractivity contribution is -0.139. The van der Waals surface area contributed by atoms with Crippen molar-refractivity contribution in [2.45, 2.75) is 43.9 Å². The highest BCUT2D eigenvalue weighted by atomic mass is 19.4. The number of hydrogen-bond donors (Lipinski definition) is 2. The molecule has 1 unspecified atom stereocenters. The maximum Gasteiger partial charge on any atom is 0.390 e. The Balaban J connectivity index is 2.27. The van der Waals surface area contributed by atoms with Crippen molar-refractivity contribution in [3.8, 4) is 0 Å². The zero-order valence-corrected chi connectivity index (χ0v) is 9.44. The molecule has 0 aromatic heterocycles. The van der Waals surface area contributed by atoms with Crippen molar-refractivity contribution in [1.82, 2.24) is 5.32 Å². The van der Waals surface area contributed by atoms with Crippen molar-refractivity contribution >= 4 is 0 Å². The number of hydrogen-bond acceptors (Lipinski definition) is 3. The summed E-state index contributed by atoms with van der Waals surface area (Å²) < 4.78 is 41.4. The van der Waals surface area contributed by atoms with E-state index in [4.69, 9.17) is 10.5 Å². The molecule has 3 N–H and O–H groups in total. The molecule has 1 rings (SSSR count). The van der Waals surface area contributed by atoms with Crippen LogP contribution in [0.3, 0.4) is 0 Å². The molecule has 0 saturated carbocycles. The van der Waals surface area contributed by atoms with Crippen LogP contribution in [-0.4, -0.2) is 37.5 Å². The molecular formula is C10H19F3N2O. The van der Waals surface area contributed by atoms with Gasteiger partial charge in [-0.1, -0.05) is 0 Å². The second-order valence-electron chi connectivity index (χ2n) is 4.58. The maximum atomic E-state index is 12.1. The predicted octanol–water partition coefficient (Wildman–Crippen LogP) is 1.42. The minimum absolute atomic E-state index is 0.410. The fourth-order valence-electron chi connectivity index (χ4n) is 1.75. The lowest BCUT2D eigenvalue weighted by atomic mass is 9.91. The Morgan fingerprint density at radius 2 is 1.94 bits per heavy atom. The topological polar surface area (TPSA) is 47.3 Å². The first-order valence-corrected chi connectivity index (χ1v) is 5.48. The predicted molar refractivity (Wildman–Crippen MR) is 55.1 cm³/mol. The largest absolute Gasteiger partial charge is 0.390 e. The Morgan fingerprint density at radius 3 is 2.44 bits per heavy atom. The summed E-state index contributed by atoms with van der Waals surface area (Å²) in [5.41, 5.74) is 5.63. The van der Waals surface area contributed by atoms with Crippen molar-refractivity contribution in [3.05, 3.63) is 0 Å². The minimum atomic E-state index is -4.12. The molecule has 0 aliphatic carbocycles. The van der Waals surface area contributed by atoms with Crippen LogP contribution in [0, 0.1) is 0 Å². The van der Waals surface area contributed by atoms with E-state index in [1.165, 1.54) is 6.92 Å². The number of nitrogens with one attached hydrogen (secondary N) is 1. The first kappa shape index (κ1) is 13.7. The van der Waals surface area contributed by atoms with Gasteiger partial charge in [-0.3, -0.25) is 0 Å². The van der Waals surface area contributed by atoms with Crippen molar-refractivity contribution in [3.63, 3.8) is 0 Å². The fourth-order valence-corrected chi connectivity index (χ4v) is 1.75. The van der Waals surface area contributed by atoms with Crippen molar-refractivity contribution < 1.29 is 17.9 Å². The molecule has 0 spiro atoms. The Hall–Kier alpha value is -0.330. The van der Waals surface area contributed by atoms with E-state index in [1.54, 1.807) is 0 Å². The first-order chi connectivity index (χ1) is 7.31. The highest BCUT2D eigenvalue weighted by Gasteiger charge is 2.32. The highest BCUT2D eigenvalue weighted by Crippen LogP contribution is 2.22. The van der Waals surface area contributed by atoms with Gasteiger partial charge >= 0.3 is 6.18 Å². The second-order valence-corrected chi connectivity index (χ2v) is 4.58. The van der Waals surface area contributed by atoms with E-state index in [-0.39, 0.29) is 0 Å². The van der Waals surface area contributed by atoms with Gasteiger partial charge in [0, 0.05) is 31.3 Å². The molecule has 1 aliphatic heterocycles. The Kier molecular flexibility index (Phi) is 4.58. The van der Waals surface area contributed by atoms with Crippen LogP contribution < -0.4 is 11.1 Å². The highest BCUT2D eigenvalue weighted by molar-refractivity contribution is 4.89. The fraction of sp³-hybridized carbons (Fsp3) is 1.00. The number of ether oxygens (including phenoxy) is 1. The molecule has 0 amide bonds. The Morgan fingerprint density at radius 1 is 1.38 bits per heavy atom. The van der Waals surface area contributed by atoms with E-state index in [0.717, 1.165) is 0 Å². The smallest absolute Gasteiger partial charge is 0.381 e. The molecule has 0 bridgehead atoms. The molecule has 96 valence electrons. The SMILES string of the molecule is CC(CC(F)(F)F)NCC1(N)CCOCC1. The average molecular weight is 240 g/mol. The van der Waals surface area contributed by atoms with Gasteiger partial charge in [-0.25, -0.2) is 0 Å². The van der Waals surface area contributed by atoms with Gasteiger partial charge in [0.1, 0.15) is 0 Å². The van der Waals surface area contributed by atoms with Crippen molar-refractivity contribution in [2.75, 3.05) is 19.8 Å². The van der Waals surface area contributed by atoms with Crippen LogP contribution in [0.2, 0.25) is 0 Å². The molecule has 3 nitrogen and oxygen atoms in total. The van der Waals surface area contributed by atoms with E-state index >= 15 is 0 Å². The van der Waals surface area contributed by atoms with E-state index < -0.39 is 24.2 Å². The van der Waals surface area contributed by atoms with E-state index in [1.807, 2.05) is 0 Å². The summed E-state index contributed by atoms with van der Waals surface area (Å²) in [7, 11) is 0. The van der Waals surface area contributed by atoms with E-state index in [2.05, 4.69) is 5.32 Å². The summed E-state index contributed by atoms with van der Waals surface area (Å²) >= 11 is 0. The van der Waals surface area contributed by atoms with Crippen LogP contribution in [0.5, 0.6) is 0 Å². The molecule has 0 aromatic rings. The zero-order valence-electron chi connectivity index (χ0n) is 9.44. The second kappa shape index (κ2) is 5.33. The Labute approximate surface area is 93.5 Å². The molecule has 0 radical (unpaired) electrons. The quantitative estimate of drug-likeness (QED) is 0.781. The van der Waals surface area contributed by atoms with Crippen molar-refractivity contribution in [2.24, 2.45) is 5.73 Å². The number of alkyl halides is 3. The van der Waals surface area contributed by atoms with Crippen LogP contribution in [0.25, 0.3) is 0 Å². The number of halogens is 3. The molecule has 16 heavy (non-hydrogen) atoms. The molecule has 1 aliphatic rings. The van der Waals surface area contributed by atoms with Crippen LogP contribution in [0.4, 0.5) is 13.2 Å². The summed E-state index contributed by atoms with van der Waals surface area (Å²) in [6.07, 6.45) is -3.55. The van der Waals surface area contributed by atoms with E-state index in [0.29, 0.717) is 32.6 Å². The van der Waals surface area contributed by atoms with Gasteiger partial charge in [0.15, 0.2) is 0 Å². The summed E-state index contributed by atoms with van der Waals surface area (Å²) in [4.78, 5) is 0.